The number of benzene rings is 1. The highest BCUT2D eigenvalue weighted by atomic mass is 32.1. The fourth-order valence-corrected chi connectivity index (χ4v) is 3.02. The van der Waals surface area contributed by atoms with E-state index in [-0.39, 0.29) is 5.91 Å². The summed E-state index contributed by atoms with van der Waals surface area (Å²) in [5, 5.41) is 7.43. The van der Waals surface area contributed by atoms with Crippen molar-refractivity contribution in [1.82, 2.24) is 14.8 Å². The molecule has 1 aromatic carbocycles. The lowest BCUT2D eigenvalue weighted by Crippen LogP contribution is -2.15. The van der Waals surface area contributed by atoms with Crippen LogP contribution in [-0.4, -0.2) is 20.7 Å². The van der Waals surface area contributed by atoms with Gasteiger partial charge >= 0.3 is 0 Å². The van der Waals surface area contributed by atoms with E-state index < -0.39 is 0 Å². The Hall–Kier alpha value is -2.21. The van der Waals surface area contributed by atoms with Gasteiger partial charge in [0.15, 0.2) is 5.13 Å². The summed E-state index contributed by atoms with van der Waals surface area (Å²) < 4.78 is 2.63. The molecule has 0 saturated heterocycles. The Balaban J connectivity index is 1.88. The minimum Gasteiger partial charge on any atom is -0.296 e. The second-order valence-electron chi connectivity index (χ2n) is 5.20. The van der Waals surface area contributed by atoms with Crippen LogP contribution in [0.3, 0.4) is 0 Å². The Labute approximate surface area is 126 Å². The smallest absolute Gasteiger partial charge is 0.275 e. The number of rotatable bonds is 3. The molecule has 108 valence electrons. The summed E-state index contributed by atoms with van der Waals surface area (Å²) in [6.45, 7) is 4.32. The van der Waals surface area contributed by atoms with Gasteiger partial charge in [-0.05, 0) is 29.7 Å². The molecule has 5 nitrogen and oxygen atoms in total. The van der Waals surface area contributed by atoms with Gasteiger partial charge in [0.05, 0.1) is 10.2 Å². The number of thiazole rings is 1. The zero-order chi connectivity index (χ0) is 15.0. The summed E-state index contributed by atoms with van der Waals surface area (Å²) in [5.74, 6) is 0.280. The average Bonchev–Trinajstić information content (AvgIpc) is 3.02. The number of carbonyl (C=O) groups is 1. The number of nitrogens with zero attached hydrogens (tertiary/aromatic N) is 3. The first-order chi connectivity index (χ1) is 10.0. The number of hydrogen-bond donors (Lipinski definition) is 1. The van der Waals surface area contributed by atoms with Gasteiger partial charge in [-0.1, -0.05) is 31.3 Å². The molecule has 0 unspecified atom stereocenters. The number of aromatic nitrogens is 3. The molecule has 0 saturated carbocycles. The number of carbonyl (C=O) groups excluding carboxylic acids is 1. The number of amides is 1. The Kier molecular flexibility index (Phi) is 3.47. The summed E-state index contributed by atoms with van der Waals surface area (Å²) in [6.07, 6.45) is 1.60. The van der Waals surface area contributed by atoms with E-state index in [0.29, 0.717) is 16.7 Å². The van der Waals surface area contributed by atoms with Gasteiger partial charge in [-0.2, -0.15) is 5.10 Å². The van der Waals surface area contributed by atoms with Crippen molar-refractivity contribution < 1.29 is 4.79 Å². The van der Waals surface area contributed by atoms with Gasteiger partial charge in [-0.3, -0.25) is 14.8 Å². The fourth-order valence-electron chi connectivity index (χ4n) is 2.11. The van der Waals surface area contributed by atoms with Gasteiger partial charge in [0.2, 0.25) is 0 Å². The van der Waals surface area contributed by atoms with Crippen molar-refractivity contribution in [3.05, 3.63) is 41.7 Å². The van der Waals surface area contributed by atoms with Crippen molar-refractivity contribution in [2.24, 2.45) is 7.05 Å². The first-order valence-corrected chi connectivity index (χ1v) is 7.56. The van der Waals surface area contributed by atoms with Crippen LogP contribution < -0.4 is 5.32 Å². The van der Waals surface area contributed by atoms with Crippen molar-refractivity contribution in [2.75, 3.05) is 5.32 Å². The summed E-state index contributed by atoms with van der Waals surface area (Å²) >= 11 is 1.49. The van der Waals surface area contributed by atoms with Crippen molar-refractivity contribution in [2.45, 2.75) is 19.8 Å². The lowest BCUT2D eigenvalue weighted by molar-refractivity contribution is 0.101. The molecule has 0 aliphatic heterocycles. The molecular formula is C15H16N4OS. The number of fused-ring (bicyclic) bond motifs is 1. The third-order valence-electron chi connectivity index (χ3n) is 3.35. The maximum absolute atomic E-state index is 12.1. The van der Waals surface area contributed by atoms with Gasteiger partial charge in [0.1, 0.15) is 5.69 Å². The molecule has 3 rings (SSSR count). The predicted octanol–water partition coefficient (Wildman–Crippen LogP) is 3.41. The van der Waals surface area contributed by atoms with Gasteiger partial charge < -0.3 is 0 Å². The van der Waals surface area contributed by atoms with Crippen LogP contribution in [0.4, 0.5) is 5.13 Å². The van der Waals surface area contributed by atoms with E-state index in [1.165, 1.54) is 16.9 Å². The van der Waals surface area contributed by atoms with Crippen molar-refractivity contribution in [3.8, 4) is 0 Å². The first-order valence-electron chi connectivity index (χ1n) is 6.74. The maximum Gasteiger partial charge on any atom is 0.275 e. The molecule has 1 N–H and O–H groups in total. The minimum atomic E-state index is -0.196. The summed E-state index contributed by atoms with van der Waals surface area (Å²) in [4.78, 5) is 16.6. The number of aryl methyl sites for hydroxylation is 1. The van der Waals surface area contributed by atoms with Gasteiger partial charge in [0, 0.05) is 13.2 Å². The van der Waals surface area contributed by atoms with Crippen LogP contribution >= 0.6 is 11.3 Å². The molecule has 6 heteroatoms. The molecular weight excluding hydrogens is 284 g/mol. The van der Waals surface area contributed by atoms with Crippen molar-refractivity contribution in [3.63, 3.8) is 0 Å². The monoisotopic (exact) mass is 300 g/mol. The summed E-state index contributed by atoms with van der Waals surface area (Å²) in [7, 11) is 1.74. The van der Waals surface area contributed by atoms with Crippen LogP contribution in [0.25, 0.3) is 10.2 Å². The van der Waals surface area contributed by atoms with Crippen LogP contribution in [0.2, 0.25) is 0 Å². The Morgan fingerprint density at radius 2 is 2.14 bits per heavy atom. The molecule has 0 bridgehead atoms. The molecule has 0 aliphatic rings. The number of anilines is 1. The fraction of sp³-hybridized carbons (Fsp3) is 0.267. The maximum atomic E-state index is 12.1. The highest BCUT2D eigenvalue weighted by Crippen LogP contribution is 2.29. The van der Waals surface area contributed by atoms with E-state index in [0.717, 1.165) is 10.2 Å². The van der Waals surface area contributed by atoms with Crippen LogP contribution in [-0.2, 0) is 7.05 Å². The van der Waals surface area contributed by atoms with E-state index in [4.69, 9.17) is 0 Å². The zero-order valence-electron chi connectivity index (χ0n) is 12.1. The highest BCUT2D eigenvalue weighted by molar-refractivity contribution is 7.22. The molecule has 1 amide bonds. The van der Waals surface area contributed by atoms with Crippen molar-refractivity contribution in [1.29, 1.82) is 0 Å². The number of nitrogens with one attached hydrogen (secondary N) is 1. The molecule has 0 fully saturated rings. The molecule has 0 radical (unpaired) electrons. The third-order valence-corrected chi connectivity index (χ3v) is 4.29. The van der Waals surface area contributed by atoms with Crippen LogP contribution in [0, 0.1) is 0 Å². The largest absolute Gasteiger partial charge is 0.296 e. The minimum absolute atomic E-state index is 0.196. The van der Waals surface area contributed by atoms with E-state index in [1.807, 2.05) is 6.07 Å². The summed E-state index contributed by atoms with van der Waals surface area (Å²) in [6, 6.07) is 7.90. The quantitative estimate of drug-likeness (QED) is 0.806. The number of hydrogen-bond acceptors (Lipinski definition) is 4. The molecule has 2 aromatic heterocycles. The van der Waals surface area contributed by atoms with Gasteiger partial charge in [-0.15, -0.1) is 0 Å². The van der Waals surface area contributed by atoms with Gasteiger partial charge in [-0.25, -0.2) is 4.98 Å². The molecule has 2 heterocycles. The first kappa shape index (κ1) is 13.8. The summed E-state index contributed by atoms with van der Waals surface area (Å²) in [5.41, 5.74) is 2.69. The van der Waals surface area contributed by atoms with Gasteiger partial charge in [0.25, 0.3) is 5.91 Å². The molecule has 0 spiro atoms. The molecule has 3 aromatic rings. The highest BCUT2D eigenvalue weighted by Gasteiger charge is 2.13. The second-order valence-corrected chi connectivity index (χ2v) is 6.23. The van der Waals surface area contributed by atoms with E-state index in [2.05, 4.69) is 41.4 Å². The Morgan fingerprint density at radius 1 is 1.33 bits per heavy atom. The zero-order valence-corrected chi connectivity index (χ0v) is 12.9. The Bertz CT molecular complexity index is 803. The third kappa shape index (κ3) is 2.67. The molecule has 0 aliphatic carbocycles. The molecule has 0 atom stereocenters. The van der Waals surface area contributed by atoms with Crippen LogP contribution in [0.15, 0.2) is 30.5 Å². The lowest BCUT2D eigenvalue weighted by Gasteiger charge is -2.03. The SMILES string of the molecule is CC(C)c1ccc2nc(NC(=O)c3ccnn3C)sc2c1. The van der Waals surface area contributed by atoms with E-state index >= 15 is 0 Å². The molecule has 21 heavy (non-hydrogen) atoms. The standard InChI is InChI=1S/C15H16N4OS/c1-9(2)10-4-5-11-13(8-10)21-15(17-11)18-14(20)12-6-7-16-19(12)3/h4-9H,1-3H3,(H,17,18,20). The van der Waals surface area contributed by atoms with Crippen molar-refractivity contribution >= 4 is 32.6 Å². The van der Waals surface area contributed by atoms with E-state index in [9.17, 15) is 4.79 Å². The second kappa shape index (κ2) is 5.29. The lowest BCUT2D eigenvalue weighted by atomic mass is 10.0. The average molecular weight is 300 g/mol. The normalized spacial score (nSPS) is 11.2. The van der Waals surface area contributed by atoms with E-state index in [1.54, 1.807) is 24.0 Å². The Morgan fingerprint density at radius 3 is 2.81 bits per heavy atom. The van der Waals surface area contributed by atoms with Crippen LogP contribution in [0.5, 0.6) is 0 Å². The topological polar surface area (TPSA) is 59.8 Å². The van der Waals surface area contributed by atoms with Crippen LogP contribution in [0.1, 0.15) is 35.8 Å². The predicted molar refractivity (Wildman–Crippen MR) is 84.9 cm³/mol.